The van der Waals surface area contributed by atoms with E-state index in [1.807, 2.05) is 55.4 Å². The summed E-state index contributed by atoms with van der Waals surface area (Å²) in [5.41, 5.74) is 12.3. The van der Waals surface area contributed by atoms with Crippen molar-refractivity contribution >= 4 is 99.4 Å². The Morgan fingerprint density at radius 3 is 0.780 bits per heavy atom. The summed E-state index contributed by atoms with van der Waals surface area (Å²) < 4.78 is 146. The van der Waals surface area contributed by atoms with E-state index >= 15 is 4.79 Å². The van der Waals surface area contributed by atoms with Gasteiger partial charge in [-0.05, 0) is 270 Å². The van der Waals surface area contributed by atoms with Gasteiger partial charge >= 0.3 is 5.97 Å². The van der Waals surface area contributed by atoms with Crippen LogP contribution in [-0.2, 0) is 94.5 Å². The number of hydrogen-bond donors (Lipinski definition) is 19. The first kappa shape index (κ1) is 98.2. The average molecular weight is 1790 g/mol. The molecule has 37 nitrogen and oxygen atoms in total. The number of carboxylic acids is 1. The molecule has 6 atom stereocenters. The summed E-state index contributed by atoms with van der Waals surface area (Å²) in [7, 11) is -17.6. The number of hydrogen-bond acceptors (Lipinski definition) is 23. The molecule has 0 spiro atoms. The Morgan fingerprint density at radius 1 is 0.341 bits per heavy atom. The number of carbonyl (C=O) groups is 6. The van der Waals surface area contributed by atoms with Crippen LogP contribution in [0.5, 0.6) is 23.0 Å². The Kier molecular flexibility index (Phi) is 30.1. The Hall–Kier alpha value is -10.3. The van der Waals surface area contributed by atoms with Crippen LogP contribution in [0, 0.1) is 105 Å². The van der Waals surface area contributed by atoms with Crippen LogP contribution in [0.3, 0.4) is 0 Å². The second-order valence-corrected chi connectivity index (χ2v) is 41.5. The molecule has 0 radical (unpaired) electrons. The van der Waals surface area contributed by atoms with Gasteiger partial charge in [0.05, 0.1) is 25.6 Å². The van der Waals surface area contributed by atoms with Crippen molar-refractivity contribution in [2.75, 3.05) is 26.2 Å². The maximum Gasteiger partial charge on any atom is 0.326 e. The lowest BCUT2D eigenvalue weighted by atomic mass is 9.94. The van der Waals surface area contributed by atoms with E-state index in [0.29, 0.717) is 127 Å². The lowest BCUT2D eigenvalue weighted by molar-refractivity contribution is -0.142. The third kappa shape index (κ3) is 23.0. The van der Waals surface area contributed by atoms with Gasteiger partial charge in [-0.3, -0.25) is 45.6 Å². The third-order valence-electron chi connectivity index (χ3n) is 22.8. The van der Waals surface area contributed by atoms with Crippen LogP contribution >= 0.6 is 0 Å². The topological polar surface area (TPSA) is 574 Å². The zero-order chi connectivity index (χ0) is 92.4. The second-order valence-electron chi connectivity index (χ2n) is 35.0. The number of amides is 5. The van der Waals surface area contributed by atoms with Gasteiger partial charge in [0.2, 0.25) is 53.4 Å². The number of nitrogens with one attached hydrogen (secondary N) is 17. The molecule has 0 saturated carbocycles. The van der Waals surface area contributed by atoms with Gasteiger partial charge in [0, 0.05) is 74.1 Å². The molecule has 123 heavy (non-hydrogen) atoms. The fourth-order valence-corrected chi connectivity index (χ4v) is 22.2. The molecule has 4 aliphatic rings. The molecule has 41 heteroatoms. The molecule has 5 amide bonds. The molecule has 680 valence electrons. The number of aliphatic carboxylic acids is 1. The molecule has 0 bridgehead atoms. The van der Waals surface area contributed by atoms with Crippen LogP contribution in [-0.4, -0.2) is 183 Å². The normalized spacial score (nSPS) is 16.5. The van der Waals surface area contributed by atoms with Crippen molar-refractivity contribution in [2.24, 2.45) is 5.73 Å². The number of fused-ring (bicyclic) bond motifs is 4. The third-order valence-corrected chi connectivity index (χ3v) is 29.2. The first-order valence-electron chi connectivity index (χ1n) is 40.8. The standard InChI is InChI=1S/C82H124N18O19S4/c1-39-43(5)65(47(9)53-35-79(15,16)116-61(39)53)120(108,109)97-75(84)88-31-23-27-57(71(103)92-52(14)70(102)96-60(74(106)107)30-26-34-91-78(87)100-123(114,115)68-46(8)42(4)64-56(50(68)12)38-82(21,22)119-64)94-73(105)59(29-25-33-90-77(86)99-122(112,113)67-45(7)41(3)63-55(49(67)11)37-81(19,20)118-63)95-72(104)58(93-69(101)51(13)83)28-24-32-89-76(85)98-121(110,111)66-44(6)40(2)62-54(48(66)10)36-80(17,18)117-62/h51-52,57-60H,23-38,83H2,1-22H3,(H,92,103)(H,93,101)(H,94,105)(H,95,104)(H,96,102)(H,106,107)(H3,84,88,97)(H3,85,89,98)(H3,86,90,99)(H3,87,91,100)/t51-,52-,57-,58-,59-,60-/m1/s1. The monoisotopic (exact) mass is 1790 g/mol. The second kappa shape index (κ2) is 37.7. The molecule has 0 fully saturated rings. The van der Waals surface area contributed by atoms with Crippen molar-refractivity contribution in [3.8, 4) is 23.0 Å². The number of ether oxygens (including phenoxy) is 4. The molecule has 4 aromatic carbocycles. The van der Waals surface area contributed by atoms with Gasteiger partial charge in [0.15, 0.2) is 0 Å². The van der Waals surface area contributed by atoms with Crippen LogP contribution in [0.25, 0.3) is 0 Å². The van der Waals surface area contributed by atoms with Gasteiger partial charge in [-0.25, -0.2) is 57.4 Å². The van der Waals surface area contributed by atoms with Crippen LogP contribution in [0.2, 0.25) is 0 Å². The maximum absolute atomic E-state index is 15.2. The molecule has 8 rings (SSSR count). The molecule has 4 aromatic rings. The Balaban J connectivity index is 1.01. The first-order valence-corrected chi connectivity index (χ1v) is 46.8. The van der Waals surface area contributed by atoms with E-state index < -0.39 is 158 Å². The highest BCUT2D eigenvalue weighted by molar-refractivity contribution is 7.91. The van der Waals surface area contributed by atoms with E-state index in [-0.39, 0.29) is 97.1 Å². The molecule has 0 aromatic heterocycles. The van der Waals surface area contributed by atoms with E-state index in [9.17, 15) is 62.8 Å². The van der Waals surface area contributed by atoms with Gasteiger partial charge in [-0.2, -0.15) is 0 Å². The van der Waals surface area contributed by atoms with Gasteiger partial charge in [-0.15, -0.1) is 0 Å². The molecule has 0 aliphatic carbocycles. The highest BCUT2D eigenvalue weighted by atomic mass is 32.2. The molecule has 4 heterocycles. The minimum Gasteiger partial charge on any atom is -0.487 e. The fourth-order valence-electron chi connectivity index (χ4n) is 16.1. The summed E-state index contributed by atoms with van der Waals surface area (Å²) in [4.78, 5) is 84.9. The van der Waals surface area contributed by atoms with Crippen LogP contribution in [0.4, 0.5) is 0 Å². The van der Waals surface area contributed by atoms with Crippen molar-refractivity contribution in [2.45, 2.75) is 308 Å². The van der Waals surface area contributed by atoms with Crippen molar-refractivity contribution in [1.29, 1.82) is 21.6 Å². The quantitative estimate of drug-likeness (QED) is 0.0171. The average Bonchev–Trinajstić information content (AvgIpc) is 1.65. The molecule has 0 saturated heterocycles. The van der Waals surface area contributed by atoms with Crippen molar-refractivity contribution in [3.05, 3.63) is 89.0 Å². The number of benzene rings is 4. The Labute approximate surface area is 721 Å². The van der Waals surface area contributed by atoms with E-state index in [0.717, 1.165) is 11.1 Å². The Morgan fingerprint density at radius 2 is 0.553 bits per heavy atom. The molecule has 4 aliphatic heterocycles. The lowest BCUT2D eigenvalue weighted by Crippen LogP contribution is -2.59. The predicted molar refractivity (Wildman–Crippen MR) is 464 cm³/mol. The number of rotatable bonds is 35. The molecule has 20 N–H and O–H groups in total. The first-order chi connectivity index (χ1) is 56.7. The van der Waals surface area contributed by atoms with E-state index in [1.165, 1.54) is 13.8 Å². The summed E-state index contributed by atoms with van der Waals surface area (Å²) in [5.74, 6) is -6.67. The minimum absolute atomic E-state index is 0.0132. The number of carboxylic acid groups (broad SMARTS) is 1. The van der Waals surface area contributed by atoms with E-state index in [4.69, 9.17) is 46.3 Å². The molecular weight excluding hydrogens is 1670 g/mol. The largest absolute Gasteiger partial charge is 0.487 e. The maximum atomic E-state index is 15.2. The number of guanidine groups is 4. The minimum atomic E-state index is -4.45. The van der Waals surface area contributed by atoms with E-state index in [2.05, 4.69) is 66.7 Å². The summed E-state index contributed by atoms with van der Waals surface area (Å²) >= 11 is 0. The SMILES string of the molecule is Cc1c(C)c(S(=O)(=O)NC(=N)NCCC[C@@H](NC(=O)[C@@H](C)NC(=O)[C@@H](CCCNC(=N)NS(=O)(=O)c2c(C)c(C)c3c(c2C)CC(C)(C)O3)NC(=O)[C@@H](CCCNC(=N)NS(=O)(=O)c2c(C)c(C)c3c(c2C)CC(C)(C)O3)NC(=O)[C@@H](CCCNC(=N)NS(=O)(=O)c2c(C)c(C)c3c(c2C)CC(C)(C)O3)NC(=O)[C@@H](C)N)C(=O)O)c(C)c2c1OC(C)(C)C2. The van der Waals surface area contributed by atoms with Gasteiger partial charge in [0.1, 0.15) is 75.6 Å². The van der Waals surface area contributed by atoms with Gasteiger partial charge in [-0.1, -0.05) is 0 Å². The van der Waals surface area contributed by atoms with Crippen molar-refractivity contribution in [3.63, 3.8) is 0 Å². The number of sulfonamides is 4. The summed E-state index contributed by atoms with van der Waals surface area (Å²) in [5, 5.41) is 68.5. The molecular formula is C82H124N18O19S4. The van der Waals surface area contributed by atoms with Crippen LogP contribution in [0.1, 0.15) is 210 Å². The highest BCUT2D eigenvalue weighted by Gasteiger charge is 2.43. The molecule has 0 unspecified atom stereocenters. The van der Waals surface area contributed by atoms with Crippen molar-refractivity contribution in [1.82, 2.24) is 66.7 Å². The van der Waals surface area contributed by atoms with Gasteiger partial charge in [0.25, 0.3) is 40.1 Å². The smallest absolute Gasteiger partial charge is 0.326 e. The summed E-state index contributed by atoms with van der Waals surface area (Å²) in [6.07, 6.45) is 0.113. The summed E-state index contributed by atoms with van der Waals surface area (Å²) in [6, 6.07) is -9.23. The van der Waals surface area contributed by atoms with Crippen LogP contribution in [0.15, 0.2) is 19.6 Å². The Bertz CT molecular complexity index is 5440. The lowest BCUT2D eigenvalue weighted by Gasteiger charge is -2.27. The van der Waals surface area contributed by atoms with E-state index in [1.54, 1.807) is 83.1 Å². The fraction of sp³-hybridized carbons (Fsp3) is 0.585. The zero-order valence-corrected chi connectivity index (χ0v) is 77.5. The van der Waals surface area contributed by atoms with Crippen LogP contribution < -0.4 is 91.4 Å². The number of carbonyl (C=O) groups excluding carboxylic acids is 5. The zero-order valence-electron chi connectivity index (χ0n) is 74.3. The summed E-state index contributed by atoms with van der Waals surface area (Å²) in [6.45, 7) is 37.0. The van der Waals surface area contributed by atoms with Gasteiger partial charge < -0.3 is 77.6 Å². The highest BCUT2D eigenvalue weighted by Crippen LogP contribution is 2.48. The number of nitrogens with two attached hydrogens (primary N) is 1. The van der Waals surface area contributed by atoms with Crippen molar-refractivity contribution < 1.29 is 86.5 Å². The predicted octanol–water partition coefficient (Wildman–Crippen LogP) is 4.55.